The second-order valence-electron chi connectivity index (χ2n) is 6.19. The van der Waals surface area contributed by atoms with Crippen molar-refractivity contribution in [1.29, 1.82) is 0 Å². The summed E-state index contributed by atoms with van der Waals surface area (Å²) in [5.41, 5.74) is 0. The molecule has 1 aliphatic heterocycles. The Morgan fingerprint density at radius 1 is 0.875 bits per heavy atom. The van der Waals surface area contributed by atoms with E-state index in [0.717, 1.165) is 18.0 Å². The van der Waals surface area contributed by atoms with Crippen molar-refractivity contribution < 1.29 is 0 Å². The molecule has 92 valence electrons. The van der Waals surface area contributed by atoms with Crippen molar-refractivity contribution in [2.75, 3.05) is 19.6 Å². The lowest BCUT2D eigenvalue weighted by Crippen LogP contribution is -2.48. The van der Waals surface area contributed by atoms with Gasteiger partial charge in [-0.05, 0) is 51.0 Å². The Labute approximate surface area is 99.8 Å². The summed E-state index contributed by atoms with van der Waals surface area (Å²) < 4.78 is 0. The van der Waals surface area contributed by atoms with Gasteiger partial charge in [0.05, 0.1) is 0 Å². The van der Waals surface area contributed by atoms with Crippen LogP contribution in [0.4, 0.5) is 0 Å². The number of piperidine rings is 1. The third kappa shape index (κ3) is 2.98. The number of rotatable bonds is 4. The first-order valence-electron chi connectivity index (χ1n) is 7.38. The molecule has 2 heteroatoms. The van der Waals surface area contributed by atoms with Crippen LogP contribution in [-0.4, -0.2) is 36.6 Å². The van der Waals surface area contributed by atoms with Gasteiger partial charge in [0.15, 0.2) is 0 Å². The highest BCUT2D eigenvalue weighted by Gasteiger charge is 2.28. The van der Waals surface area contributed by atoms with Gasteiger partial charge >= 0.3 is 0 Å². The molecule has 0 radical (unpaired) electrons. The second-order valence-corrected chi connectivity index (χ2v) is 6.19. The number of hydrogen-bond donors (Lipinski definition) is 1. The highest BCUT2D eigenvalue weighted by molar-refractivity contribution is 4.86. The number of nitrogens with zero attached hydrogens (tertiary/aromatic N) is 1. The topological polar surface area (TPSA) is 15.3 Å². The predicted octanol–water partition coefficient (Wildman–Crippen LogP) is 2.39. The maximum Gasteiger partial charge on any atom is 0.0198 e. The van der Waals surface area contributed by atoms with Crippen LogP contribution in [0.15, 0.2) is 0 Å². The van der Waals surface area contributed by atoms with E-state index in [1.165, 1.54) is 71.0 Å². The monoisotopic (exact) mass is 222 g/mol. The van der Waals surface area contributed by atoms with Gasteiger partial charge in [-0.15, -0.1) is 0 Å². The highest BCUT2D eigenvalue weighted by atomic mass is 15.2. The Morgan fingerprint density at radius 2 is 1.62 bits per heavy atom. The summed E-state index contributed by atoms with van der Waals surface area (Å²) in [6.07, 6.45) is 11.6. The average Bonchev–Trinajstić information content (AvgIpc) is 2.94. The largest absolute Gasteiger partial charge is 0.310 e. The molecular formula is C14H26N2. The molecule has 0 aromatic carbocycles. The van der Waals surface area contributed by atoms with Crippen LogP contribution in [0.1, 0.15) is 51.4 Å². The Bertz CT molecular complexity index is 219. The molecule has 16 heavy (non-hydrogen) atoms. The van der Waals surface area contributed by atoms with E-state index in [1.807, 2.05) is 0 Å². The zero-order chi connectivity index (χ0) is 10.8. The van der Waals surface area contributed by atoms with Crippen LogP contribution in [0.2, 0.25) is 0 Å². The van der Waals surface area contributed by atoms with Crippen molar-refractivity contribution in [3.8, 4) is 0 Å². The molecule has 1 N–H and O–H groups in total. The molecule has 2 nitrogen and oxygen atoms in total. The quantitative estimate of drug-likeness (QED) is 0.786. The van der Waals surface area contributed by atoms with Crippen LogP contribution in [-0.2, 0) is 0 Å². The van der Waals surface area contributed by atoms with Gasteiger partial charge in [0.25, 0.3) is 0 Å². The van der Waals surface area contributed by atoms with E-state index in [-0.39, 0.29) is 0 Å². The molecule has 0 aromatic rings. The zero-order valence-electron chi connectivity index (χ0n) is 10.5. The van der Waals surface area contributed by atoms with Gasteiger partial charge in [-0.1, -0.05) is 12.8 Å². The summed E-state index contributed by atoms with van der Waals surface area (Å²) in [7, 11) is 0. The summed E-state index contributed by atoms with van der Waals surface area (Å²) in [4.78, 5) is 2.72. The van der Waals surface area contributed by atoms with E-state index in [2.05, 4.69) is 10.2 Å². The van der Waals surface area contributed by atoms with E-state index >= 15 is 0 Å². The number of nitrogens with one attached hydrogen (secondary N) is 1. The van der Waals surface area contributed by atoms with Crippen molar-refractivity contribution in [2.24, 2.45) is 5.92 Å². The fourth-order valence-electron chi connectivity index (χ4n) is 3.45. The molecular weight excluding hydrogens is 196 g/mol. The lowest BCUT2D eigenvalue weighted by Gasteiger charge is -2.34. The number of likely N-dealkylation sites (tertiary alicyclic amines) is 1. The smallest absolute Gasteiger partial charge is 0.0198 e. The molecule has 1 unspecified atom stereocenters. The second kappa shape index (κ2) is 5.05. The fraction of sp³-hybridized carbons (Fsp3) is 1.00. The molecule has 3 fully saturated rings. The molecule has 3 aliphatic rings. The standard InChI is InChI=1S/C14H26N2/c1-2-5-13(4-1)15-14-6-3-9-16(11-14)10-12-7-8-12/h12-15H,1-11H2. The van der Waals surface area contributed by atoms with Crippen molar-refractivity contribution in [2.45, 2.75) is 63.5 Å². The van der Waals surface area contributed by atoms with Gasteiger partial charge in [-0.25, -0.2) is 0 Å². The minimum atomic E-state index is 0.801. The third-order valence-corrected chi connectivity index (χ3v) is 4.55. The van der Waals surface area contributed by atoms with E-state index in [4.69, 9.17) is 0 Å². The van der Waals surface area contributed by atoms with Crippen molar-refractivity contribution >= 4 is 0 Å². The first-order valence-corrected chi connectivity index (χ1v) is 7.38. The summed E-state index contributed by atoms with van der Waals surface area (Å²) in [5, 5.41) is 3.90. The molecule has 0 aromatic heterocycles. The van der Waals surface area contributed by atoms with Crippen LogP contribution >= 0.6 is 0 Å². The van der Waals surface area contributed by atoms with E-state index in [9.17, 15) is 0 Å². The van der Waals surface area contributed by atoms with Crippen LogP contribution in [0.25, 0.3) is 0 Å². The SMILES string of the molecule is C1CCC(NC2CCCN(CC3CC3)C2)C1. The minimum absolute atomic E-state index is 0.801. The molecule has 2 saturated carbocycles. The predicted molar refractivity (Wildman–Crippen MR) is 67.6 cm³/mol. The van der Waals surface area contributed by atoms with Gasteiger partial charge in [-0.3, -0.25) is 0 Å². The Balaban J connectivity index is 1.43. The molecule has 2 aliphatic carbocycles. The van der Waals surface area contributed by atoms with Crippen molar-refractivity contribution in [3.63, 3.8) is 0 Å². The summed E-state index contributed by atoms with van der Waals surface area (Å²) in [6.45, 7) is 4.08. The Kier molecular flexibility index (Phi) is 3.49. The fourth-order valence-corrected chi connectivity index (χ4v) is 3.45. The molecule has 1 atom stereocenters. The van der Waals surface area contributed by atoms with Crippen LogP contribution in [0.3, 0.4) is 0 Å². The first kappa shape index (κ1) is 11.0. The Morgan fingerprint density at radius 3 is 2.38 bits per heavy atom. The molecule has 0 bridgehead atoms. The summed E-state index contributed by atoms with van der Waals surface area (Å²) in [6, 6.07) is 1.65. The van der Waals surface area contributed by atoms with Gasteiger partial charge < -0.3 is 10.2 Å². The highest BCUT2D eigenvalue weighted by Crippen LogP contribution is 2.30. The number of hydrogen-bond acceptors (Lipinski definition) is 2. The van der Waals surface area contributed by atoms with Gasteiger partial charge in [0.2, 0.25) is 0 Å². The average molecular weight is 222 g/mol. The molecule has 3 rings (SSSR count). The lowest BCUT2D eigenvalue weighted by atomic mass is 10.0. The molecule has 1 heterocycles. The maximum absolute atomic E-state index is 3.90. The Hall–Kier alpha value is -0.0800. The zero-order valence-corrected chi connectivity index (χ0v) is 10.5. The first-order chi connectivity index (χ1) is 7.90. The van der Waals surface area contributed by atoms with Crippen LogP contribution in [0.5, 0.6) is 0 Å². The van der Waals surface area contributed by atoms with E-state index < -0.39 is 0 Å². The normalized spacial score (nSPS) is 33.4. The third-order valence-electron chi connectivity index (χ3n) is 4.55. The lowest BCUT2D eigenvalue weighted by molar-refractivity contribution is 0.176. The van der Waals surface area contributed by atoms with Crippen molar-refractivity contribution in [1.82, 2.24) is 10.2 Å². The van der Waals surface area contributed by atoms with E-state index in [1.54, 1.807) is 0 Å². The van der Waals surface area contributed by atoms with Crippen molar-refractivity contribution in [3.05, 3.63) is 0 Å². The van der Waals surface area contributed by atoms with Gasteiger partial charge in [0.1, 0.15) is 0 Å². The molecule has 0 spiro atoms. The van der Waals surface area contributed by atoms with E-state index in [0.29, 0.717) is 0 Å². The maximum atomic E-state index is 3.90. The van der Waals surface area contributed by atoms with Gasteiger partial charge in [-0.2, -0.15) is 0 Å². The van der Waals surface area contributed by atoms with Gasteiger partial charge in [0, 0.05) is 25.2 Å². The van der Waals surface area contributed by atoms with Crippen LogP contribution in [0, 0.1) is 5.92 Å². The summed E-state index contributed by atoms with van der Waals surface area (Å²) in [5.74, 6) is 1.06. The molecule has 0 amide bonds. The minimum Gasteiger partial charge on any atom is -0.310 e. The summed E-state index contributed by atoms with van der Waals surface area (Å²) >= 11 is 0. The molecule has 1 saturated heterocycles. The van der Waals surface area contributed by atoms with Crippen LogP contribution < -0.4 is 5.32 Å².